The molecule has 4 N–H and O–H groups in total. The van der Waals surface area contributed by atoms with Crippen molar-refractivity contribution in [1.29, 1.82) is 0 Å². The Morgan fingerprint density at radius 3 is 2.82 bits per heavy atom. The van der Waals surface area contributed by atoms with Crippen LogP contribution in [0.5, 0.6) is 0 Å². The number of nitrogens with two attached hydrogens (primary N) is 2. The average molecular weight is 151 g/mol. The highest BCUT2D eigenvalue weighted by Gasteiger charge is 2.03. The molecule has 0 aliphatic carbocycles. The van der Waals surface area contributed by atoms with Crippen molar-refractivity contribution >= 4 is 0 Å². The van der Waals surface area contributed by atoms with E-state index in [2.05, 4.69) is 4.98 Å². The average Bonchev–Trinajstić information content (AvgIpc) is 2.03. The number of pyridine rings is 1. The van der Waals surface area contributed by atoms with Crippen LogP contribution >= 0.6 is 0 Å². The van der Waals surface area contributed by atoms with Crippen molar-refractivity contribution in [2.45, 2.75) is 13.0 Å². The van der Waals surface area contributed by atoms with Crippen LogP contribution < -0.4 is 11.5 Å². The lowest BCUT2D eigenvalue weighted by Crippen LogP contribution is -2.21. The molecule has 0 radical (unpaired) electrons. The number of aromatic nitrogens is 1. The first-order valence-electron chi connectivity index (χ1n) is 3.63. The third kappa shape index (κ3) is 2.00. The molecule has 3 nitrogen and oxygen atoms in total. The van der Waals surface area contributed by atoms with Gasteiger partial charge in [0, 0.05) is 12.2 Å². The van der Waals surface area contributed by atoms with E-state index >= 15 is 0 Å². The standard InChI is InChI=1S/C8H13N3/c1-6-3-2-4-8(11-6)7(10)5-9/h2-4,7H,5,9-10H2,1H3/t7-/m0/s1. The van der Waals surface area contributed by atoms with Crippen molar-refractivity contribution in [1.82, 2.24) is 4.98 Å². The molecule has 0 saturated carbocycles. The maximum Gasteiger partial charge on any atom is 0.0594 e. The molecule has 0 aromatic carbocycles. The van der Waals surface area contributed by atoms with E-state index in [9.17, 15) is 0 Å². The minimum atomic E-state index is -0.130. The molecule has 0 aliphatic heterocycles. The second-order valence-electron chi connectivity index (χ2n) is 2.55. The molecule has 0 spiro atoms. The van der Waals surface area contributed by atoms with E-state index in [-0.39, 0.29) is 6.04 Å². The molecule has 0 aliphatic rings. The molecule has 1 aromatic rings. The quantitative estimate of drug-likeness (QED) is 0.641. The molecular formula is C8H13N3. The highest BCUT2D eigenvalue weighted by molar-refractivity contribution is 5.13. The van der Waals surface area contributed by atoms with Crippen LogP contribution in [0.15, 0.2) is 18.2 Å². The second kappa shape index (κ2) is 3.46. The predicted octanol–water partition coefficient (Wildman–Crippen LogP) is 0.349. The minimum Gasteiger partial charge on any atom is -0.329 e. The lowest BCUT2D eigenvalue weighted by Gasteiger charge is -2.07. The fourth-order valence-corrected chi connectivity index (χ4v) is 0.891. The van der Waals surface area contributed by atoms with Crippen LogP contribution in [0.25, 0.3) is 0 Å². The topological polar surface area (TPSA) is 64.9 Å². The van der Waals surface area contributed by atoms with Gasteiger partial charge in [-0.05, 0) is 19.1 Å². The minimum absolute atomic E-state index is 0.130. The van der Waals surface area contributed by atoms with E-state index in [1.54, 1.807) is 0 Å². The zero-order valence-corrected chi connectivity index (χ0v) is 6.62. The van der Waals surface area contributed by atoms with Crippen LogP contribution in [0.2, 0.25) is 0 Å². The van der Waals surface area contributed by atoms with E-state index in [1.807, 2.05) is 25.1 Å². The monoisotopic (exact) mass is 151 g/mol. The molecular weight excluding hydrogens is 138 g/mol. The number of hydrogen-bond acceptors (Lipinski definition) is 3. The van der Waals surface area contributed by atoms with Gasteiger partial charge in [0.25, 0.3) is 0 Å². The molecule has 0 unspecified atom stereocenters. The Balaban J connectivity index is 2.86. The molecule has 1 aromatic heterocycles. The maximum absolute atomic E-state index is 5.68. The first-order chi connectivity index (χ1) is 5.24. The zero-order chi connectivity index (χ0) is 8.27. The fourth-order valence-electron chi connectivity index (χ4n) is 0.891. The molecule has 1 atom stereocenters. The van der Waals surface area contributed by atoms with Crippen molar-refractivity contribution in [2.75, 3.05) is 6.54 Å². The Bertz CT molecular complexity index is 235. The van der Waals surface area contributed by atoms with Gasteiger partial charge in [-0.2, -0.15) is 0 Å². The molecule has 1 heterocycles. The van der Waals surface area contributed by atoms with Gasteiger partial charge in [0.15, 0.2) is 0 Å². The lowest BCUT2D eigenvalue weighted by atomic mass is 10.2. The third-order valence-corrected chi connectivity index (χ3v) is 1.54. The zero-order valence-electron chi connectivity index (χ0n) is 6.62. The van der Waals surface area contributed by atoms with Gasteiger partial charge < -0.3 is 11.5 Å². The van der Waals surface area contributed by atoms with E-state index in [0.717, 1.165) is 11.4 Å². The normalized spacial score (nSPS) is 13.0. The van der Waals surface area contributed by atoms with Gasteiger partial charge >= 0.3 is 0 Å². The highest BCUT2D eigenvalue weighted by Crippen LogP contribution is 2.05. The van der Waals surface area contributed by atoms with Crippen LogP contribution in [-0.2, 0) is 0 Å². The lowest BCUT2D eigenvalue weighted by molar-refractivity contribution is 0.708. The molecule has 0 saturated heterocycles. The summed E-state index contributed by atoms with van der Waals surface area (Å²) in [7, 11) is 0. The van der Waals surface area contributed by atoms with Gasteiger partial charge in [-0.15, -0.1) is 0 Å². The Hall–Kier alpha value is -0.930. The van der Waals surface area contributed by atoms with E-state index in [0.29, 0.717) is 6.54 Å². The van der Waals surface area contributed by atoms with E-state index in [4.69, 9.17) is 11.5 Å². The van der Waals surface area contributed by atoms with Gasteiger partial charge in [0.05, 0.1) is 11.7 Å². The van der Waals surface area contributed by atoms with Crippen LogP contribution in [0, 0.1) is 6.92 Å². The Kier molecular flexibility index (Phi) is 2.57. The van der Waals surface area contributed by atoms with Crippen molar-refractivity contribution < 1.29 is 0 Å². The maximum atomic E-state index is 5.68. The summed E-state index contributed by atoms with van der Waals surface area (Å²) in [5.41, 5.74) is 12.9. The summed E-state index contributed by atoms with van der Waals surface area (Å²) in [5.74, 6) is 0. The number of aryl methyl sites for hydroxylation is 1. The van der Waals surface area contributed by atoms with Gasteiger partial charge in [-0.25, -0.2) is 0 Å². The molecule has 3 heteroatoms. The van der Waals surface area contributed by atoms with Gasteiger partial charge in [0.1, 0.15) is 0 Å². The van der Waals surface area contributed by atoms with Gasteiger partial charge in [0.2, 0.25) is 0 Å². The summed E-state index contributed by atoms with van der Waals surface area (Å²) < 4.78 is 0. The van der Waals surface area contributed by atoms with Crippen molar-refractivity contribution in [2.24, 2.45) is 11.5 Å². The molecule has 0 amide bonds. The summed E-state index contributed by atoms with van der Waals surface area (Å²) in [6.07, 6.45) is 0. The SMILES string of the molecule is Cc1cccc([C@@H](N)CN)n1. The van der Waals surface area contributed by atoms with E-state index in [1.165, 1.54) is 0 Å². The van der Waals surface area contributed by atoms with E-state index < -0.39 is 0 Å². The first kappa shape index (κ1) is 8.17. The largest absolute Gasteiger partial charge is 0.329 e. The molecule has 0 bridgehead atoms. The van der Waals surface area contributed by atoms with Crippen LogP contribution in [-0.4, -0.2) is 11.5 Å². The molecule has 1 rings (SSSR count). The summed E-state index contributed by atoms with van der Waals surface area (Å²) >= 11 is 0. The van der Waals surface area contributed by atoms with Gasteiger partial charge in [-0.1, -0.05) is 6.07 Å². The summed E-state index contributed by atoms with van der Waals surface area (Å²) in [5, 5.41) is 0. The molecule has 60 valence electrons. The number of hydrogen-bond donors (Lipinski definition) is 2. The van der Waals surface area contributed by atoms with Crippen molar-refractivity contribution in [3.8, 4) is 0 Å². The first-order valence-corrected chi connectivity index (χ1v) is 3.63. The second-order valence-corrected chi connectivity index (χ2v) is 2.55. The van der Waals surface area contributed by atoms with Crippen LogP contribution in [0.4, 0.5) is 0 Å². The Labute approximate surface area is 66.4 Å². The molecule has 11 heavy (non-hydrogen) atoms. The summed E-state index contributed by atoms with van der Waals surface area (Å²) in [6, 6.07) is 5.64. The third-order valence-electron chi connectivity index (χ3n) is 1.54. The van der Waals surface area contributed by atoms with Crippen LogP contribution in [0.1, 0.15) is 17.4 Å². The van der Waals surface area contributed by atoms with Crippen molar-refractivity contribution in [3.05, 3.63) is 29.6 Å². The highest BCUT2D eigenvalue weighted by atomic mass is 14.8. The number of rotatable bonds is 2. The summed E-state index contributed by atoms with van der Waals surface area (Å²) in [4.78, 5) is 4.24. The van der Waals surface area contributed by atoms with Crippen LogP contribution in [0.3, 0.4) is 0 Å². The Morgan fingerprint density at radius 1 is 1.55 bits per heavy atom. The molecule has 0 fully saturated rings. The van der Waals surface area contributed by atoms with Crippen molar-refractivity contribution in [3.63, 3.8) is 0 Å². The number of nitrogens with zero attached hydrogens (tertiary/aromatic N) is 1. The Morgan fingerprint density at radius 2 is 2.27 bits per heavy atom. The van der Waals surface area contributed by atoms with Gasteiger partial charge in [-0.3, -0.25) is 4.98 Å². The summed E-state index contributed by atoms with van der Waals surface area (Å²) in [6.45, 7) is 2.38. The fraction of sp³-hybridized carbons (Fsp3) is 0.375. The smallest absolute Gasteiger partial charge is 0.0594 e. The predicted molar refractivity (Wildman–Crippen MR) is 45.0 cm³/mol.